The number of carbonyl (C=O) groups is 1. The molecular weight excluding hydrogens is 332 g/mol. The molecular formula is C15H20N4O2S2. The second-order valence-electron chi connectivity index (χ2n) is 5.74. The summed E-state index contributed by atoms with van der Waals surface area (Å²) in [5.74, 6) is 0.966. The van der Waals surface area contributed by atoms with Gasteiger partial charge in [0.25, 0.3) is 11.1 Å². The van der Waals surface area contributed by atoms with Gasteiger partial charge in [-0.05, 0) is 40.0 Å². The van der Waals surface area contributed by atoms with E-state index in [1.54, 1.807) is 0 Å². The number of aryl methyl sites for hydroxylation is 2. The summed E-state index contributed by atoms with van der Waals surface area (Å²) in [6, 6.07) is 0.331. The Hall–Kier alpha value is -1.41. The van der Waals surface area contributed by atoms with Crippen molar-refractivity contribution in [2.24, 2.45) is 0 Å². The molecule has 3 rings (SSSR count). The Kier molecular flexibility index (Phi) is 5.01. The summed E-state index contributed by atoms with van der Waals surface area (Å²) in [6.07, 6.45) is 3.39. The highest BCUT2D eigenvalue weighted by atomic mass is 32.2. The molecule has 0 aliphatic carbocycles. The number of aromatic nitrogens is 3. The molecule has 1 amide bonds. The number of thiazole rings is 1. The van der Waals surface area contributed by atoms with Crippen molar-refractivity contribution < 1.29 is 9.21 Å². The van der Waals surface area contributed by atoms with Crippen molar-refractivity contribution >= 4 is 29.0 Å². The standard InChI is InChI=1S/C15H20N4O2S2/c1-9-6-4-5-7-19(9)12(20)8-22-15-18-17-14(21-15)13-10(2)16-11(3)23-13/h9H,4-8H2,1-3H3/t9-/m0/s1. The second kappa shape index (κ2) is 7.00. The molecule has 0 N–H and O–H groups in total. The molecule has 6 nitrogen and oxygen atoms in total. The lowest BCUT2D eigenvalue weighted by Crippen LogP contribution is -2.42. The van der Waals surface area contributed by atoms with Crippen molar-refractivity contribution in [2.45, 2.75) is 51.3 Å². The summed E-state index contributed by atoms with van der Waals surface area (Å²) in [5.41, 5.74) is 0.894. The minimum absolute atomic E-state index is 0.145. The number of nitrogens with zero attached hydrogens (tertiary/aromatic N) is 4. The molecule has 1 aliphatic heterocycles. The Morgan fingerprint density at radius 1 is 1.39 bits per heavy atom. The molecule has 0 saturated carbocycles. The van der Waals surface area contributed by atoms with Crippen molar-refractivity contribution in [3.63, 3.8) is 0 Å². The monoisotopic (exact) mass is 352 g/mol. The van der Waals surface area contributed by atoms with Crippen LogP contribution in [0, 0.1) is 13.8 Å². The number of piperidine rings is 1. The lowest BCUT2D eigenvalue weighted by molar-refractivity contribution is -0.131. The molecule has 2 aromatic heterocycles. The maximum atomic E-state index is 12.3. The normalized spacial score (nSPS) is 18.4. The van der Waals surface area contributed by atoms with Crippen molar-refractivity contribution in [3.05, 3.63) is 10.7 Å². The van der Waals surface area contributed by atoms with E-state index in [1.807, 2.05) is 18.7 Å². The molecule has 3 heterocycles. The van der Waals surface area contributed by atoms with Crippen molar-refractivity contribution in [3.8, 4) is 10.8 Å². The molecule has 0 aromatic carbocycles. The highest BCUT2D eigenvalue weighted by Crippen LogP contribution is 2.30. The number of rotatable bonds is 4. The van der Waals surface area contributed by atoms with Crippen molar-refractivity contribution in [2.75, 3.05) is 12.3 Å². The molecule has 0 radical (unpaired) electrons. The van der Waals surface area contributed by atoms with Crippen LogP contribution in [0.3, 0.4) is 0 Å². The minimum atomic E-state index is 0.145. The number of amides is 1. The third-order valence-corrected chi connectivity index (χ3v) is 5.81. The first kappa shape index (κ1) is 16.4. The van der Waals surface area contributed by atoms with E-state index in [2.05, 4.69) is 22.1 Å². The fraction of sp³-hybridized carbons (Fsp3) is 0.600. The number of carbonyl (C=O) groups excluding carboxylic acids is 1. The molecule has 124 valence electrons. The summed E-state index contributed by atoms with van der Waals surface area (Å²) in [6.45, 7) is 6.85. The number of hydrogen-bond donors (Lipinski definition) is 0. The van der Waals surface area contributed by atoms with Gasteiger partial charge < -0.3 is 9.32 Å². The molecule has 1 fully saturated rings. The van der Waals surface area contributed by atoms with E-state index in [1.165, 1.54) is 29.5 Å². The SMILES string of the molecule is Cc1nc(C)c(-c2nnc(SCC(=O)N3CCCC[C@@H]3C)o2)s1. The maximum Gasteiger partial charge on any atom is 0.277 e. The van der Waals surface area contributed by atoms with E-state index in [4.69, 9.17) is 4.42 Å². The van der Waals surface area contributed by atoms with Gasteiger partial charge in [0.1, 0.15) is 4.88 Å². The smallest absolute Gasteiger partial charge is 0.277 e. The highest BCUT2D eigenvalue weighted by Gasteiger charge is 2.24. The Labute approximate surface area is 143 Å². The predicted molar refractivity (Wildman–Crippen MR) is 90.6 cm³/mol. The second-order valence-corrected chi connectivity index (χ2v) is 7.87. The van der Waals surface area contributed by atoms with Gasteiger partial charge in [-0.1, -0.05) is 11.8 Å². The van der Waals surface area contributed by atoms with E-state index in [9.17, 15) is 4.79 Å². The lowest BCUT2D eigenvalue weighted by Gasteiger charge is -2.33. The van der Waals surface area contributed by atoms with Crippen LogP contribution in [0.15, 0.2) is 9.64 Å². The van der Waals surface area contributed by atoms with Gasteiger partial charge >= 0.3 is 0 Å². The van der Waals surface area contributed by atoms with Crippen LogP contribution in [-0.4, -0.2) is 44.3 Å². The van der Waals surface area contributed by atoms with Crippen LogP contribution in [0.5, 0.6) is 0 Å². The number of thioether (sulfide) groups is 1. The van der Waals surface area contributed by atoms with Gasteiger partial charge in [0.15, 0.2) is 0 Å². The number of hydrogen-bond acceptors (Lipinski definition) is 7. The zero-order valence-corrected chi connectivity index (χ0v) is 15.2. The largest absolute Gasteiger partial charge is 0.410 e. The molecule has 8 heteroatoms. The first-order valence-electron chi connectivity index (χ1n) is 7.75. The van der Waals surface area contributed by atoms with Crippen LogP contribution >= 0.6 is 23.1 Å². The van der Waals surface area contributed by atoms with E-state index < -0.39 is 0 Å². The summed E-state index contributed by atoms with van der Waals surface area (Å²) < 4.78 is 5.67. The topological polar surface area (TPSA) is 72.1 Å². The highest BCUT2D eigenvalue weighted by molar-refractivity contribution is 7.99. The minimum Gasteiger partial charge on any atom is -0.410 e. The Balaban J connectivity index is 1.61. The lowest BCUT2D eigenvalue weighted by atomic mass is 10.0. The van der Waals surface area contributed by atoms with E-state index in [0.29, 0.717) is 22.9 Å². The molecule has 0 spiro atoms. The molecule has 23 heavy (non-hydrogen) atoms. The molecule has 1 atom stereocenters. The summed E-state index contributed by atoms with van der Waals surface area (Å²) in [5, 5.41) is 9.51. The van der Waals surface area contributed by atoms with Gasteiger partial charge in [0, 0.05) is 12.6 Å². The average Bonchev–Trinajstić information content (AvgIpc) is 3.11. The predicted octanol–water partition coefficient (Wildman–Crippen LogP) is 3.30. The van der Waals surface area contributed by atoms with Crippen LogP contribution in [0.2, 0.25) is 0 Å². The quantitative estimate of drug-likeness (QED) is 0.786. The Morgan fingerprint density at radius 2 is 2.22 bits per heavy atom. The molecule has 0 unspecified atom stereocenters. The van der Waals surface area contributed by atoms with Gasteiger partial charge in [-0.25, -0.2) is 4.98 Å². The Morgan fingerprint density at radius 3 is 2.91 bits per heavy atom. The maximum absolute atomic E-state index is 12.3. The van der Waals surface area contributed by atoms with Gasteiger partial charge in [-0.15, -0.1) is 21.5 Å². The third kappa shape index (κ3) is 3.74. The third-order valence-electron chi connectivity index (χ3n) is 3.95. The van der Waals surface area contributed by atoms with E-state index in [0.717, 1.165) is 35.0 Å². The first-order valence-corrected chi connectivity index (χ1v) is 9.55. The molecule has 1 saturated heterocycles. The molecule has 0 bridgehead atoms. The zero-order valence-electron chi connectivity index (χ0n) is 13.5. The van der Waals surface area contributed by atoms with Crippen LogP contribution < -0.4 is 0 Å². The fourth-order valence-corrected chi connectivity index (χ4v) is 4.25. The van der Waals surface area contributed by atoms with Gasteiger partial charge in [-0.3, -0.25) is 4.79 Å². The summed E-state index contributed by atoms with van der Waals surface area (Å²) in [4.78, 5) is 19.6. The first-order chi connectivity index (χ1) is 11.0. The van der Waals surface area contributed by atoms with E-state index >= 15 is 0 Å². The molecule has 1 aliphatic rings. The van der Waals surface area contributed by atoms with Crippen LogP contribution in [0.25, 0.3) is 10.8 Å². The van der Waals surface area contributed by atoms with Crippen LogP contribution in [-0.2, 0) is 4.79 Å². The Bertz CT molecular complexity index is 697. The summed E-state index contributed by atoms with van der Waals surface area (Å²) >= 11 is 2.84. The fourth-order valence-electron chi connectivity index (χ4n) is 2.76. The van der Waals surface area contributed by atoms with E-state index in [-0.39, 0.29) is 5.91 Å². The van der Waals surface area contributed by atoms with Crippen LogP contribution in [0.4, 0.5) is 0 Å². The molecule has 2 aromatic rings. The number of likely N-dealkylation sites (tertiary alicyclic amines) is 1. The van der Waals surface area contributed by atoms with Gasteiger partial charge in [0.05, 0.1) is 16.5 Å². The van der Waals surface area contributed by atoms with Gasteiger partial charge in [-0.2, -0.15) is 0 Å². The summed E-state index contributed by atoms with van der Waals surface area (Å²) in [7, 11) is 0. The van der Waals surface area contributed by atoms with Crippen LogP contribution in [0.1, 0.15) is 36.9 Å². The average molecular weight is 352 g/mol. The van der Waals surface area contributed by atoms with Crippen molar-refractivity contribution in [1.82, 2.24) is 20.1 Å². The van der Waals surface area contributed by atoms with Gasteiger partial charge in [0.2, 0.25) is 5.91 Å². The zero-order chi connectivity index (χ0) is 16.4. The van der Waals surface area contributed by atoms with Crippen molar-refractivity contribution in [1.29, 1.82) is 0 Å².